The summed E-state index contributed by atoms with van der Waals surface area (Å²) in [5.41, 5.74) is 1.24. The van der Waals surface area contributed by atoms with E-state index in [9.17, 15) is 4.79 Å². The first-order valence-corrected chi connectivity index (χ1v) is 7.86. The number of ether oxygens (including phenoxy) is 1. The van der Waals surface area contributed by atoms with Gasteiger partial charge in [0.25, 0.3) is 5.91 Å². The molecule has 1 fully saturated rings. The molecule has 0 unspecified atom stereocenters. The minimum absolute atomic E-state index is 0.0563. The van der Waals surface area contributed by atoms with Gasteiger partial charge in [-0.2, -0.15) is 0 Å². The van der Waals surface area contributed by atoms with Crippen LogP contribution in [-0.4, -0.2) is 66.0 Å². The molecule has 1 N–H and O–H groups in total. The van der Waals surface area contributed by atoms with Gasteiger partial charge < -0.3 is 19.9 Å². The number of hydrogen-bond donors (Lipinski definition) is 1. The van der Waals surface area contributed by atoms with Gasteiger partial charge in [0.05, 0.1) is 7.11 Å². The predicted molar refractivity (Wildman–Crippen MR) is 91.7 cm³/mol. The second-order valence-corrected chi connectivity index (χ2v) is 5.74. The minimum atomic E-state index is -0.0563. The van der Waals surface area contributed by atoms with Crippen molar-refractivity contribution in [2.45, 2.75) is 0 Å². The molecular formula is C17H21N5O2. The number of carbonyl (C=O) groups is 1. The first-order valence-electron chi connectivity index (χ1n) is 7.86. The third kappa shape index (κ3) is 3.80. The lowest BCUT2D eigenvalue weighted by molar-refractivity contribution is 0.0658. The highest BCUT2D eigenvalue weighted by Gasteiger charge is 2.21. The molecule has 24 heavy (non-hydrogen) atoms. The number of carbonyl (C=O) groups excluding carboxylic acids is 1. The lowest BCUT2D eigenvalue weighted by Gasteiger charge is -2.32. The monoisotopic (exact) mass is 327 g/mol. The highest BCUT2D eigenvalue weighted by atomic mass is 16.5. The summed E-state index contributed by atoms with van der Waals surface area (Å²) in [7, 11) is 3.68. The van der Waals surface area contributed by atoms with Crippen LogP contribution < -0.4 is 10.1 Å². The Morgan fingerprint density at radius 2 is 1.96 bits per heavy atom. The molecule has 2 heterocycles. The second kappa shape index (κ2) is 7.27. The zero-order valence-corrected chi connectivity index (χ0v) is 13.9. The van der Waals surface area contributed by atoms with E-state index in [4.69, 9.17) is 4.74 Å². The number of piperazine rings is 1. The van der Waals surface area contributed by atoms with Gasteiger partial charge in [0.1, 0.15) is 23.6 Å². The van der Waals surface area contributed by atoms with Crippen molar-refractivity contribution in [2.75, 3.05) is 45.7 Å². The van der Waals surface area contributed by atoms with Crippen LogP contribution in [0.2, 0.25) is 0 Å². The Bertz CT molecular complexity index is 714. The average molecular weight is 327 g/mol. The summed E-state index contributed by atoms with van der Waals surface area (Å²) in [5.74, 6) is 1.28. The van der Waals surface area contributed by atoms with E-state index in [1.807, 2.05) is 29.2 Å². The van der Waals surface area contributed by atoms with E-state index in [1.165, 1.54) is 6.33 Å². The molecule has 1 saturated heterocycles. The first kappa shape index (κ1) is 16.2. The van der Waals surface area contributed by atoms with Crippen LogP contribution in [0.4, 0.5) is 11.5 Å². The Morgan fingerprint density at radius 1 is 1.17 bits per heavy atom. The van der Waals surface area contributed by atoms with Gasteiger partial charge in [-0.3, -0.25) is 4.79 Å². The van der Waals surface area contributed by atoms with E-state index in [-0.39, 0.29) is 5.91 Å². The van der Waals surface area contributed by atoms with Crippen molar-refractivity contribution >= 4 is 17.4 Å². The van der Waals surface area contributed by atoms with Gasteiger partial charge in [-0.15, -0.1) is 0 Å². The summed E-state index contributed by atoms with van der Waals surface area (Å²) in [4.78, 5) is 24.9. The molecule has 1 aromatic carbocycles. The topological polar surface area (TPSA) is 70.6 Å². The third-order valence-electron chi connectivity index (χ3n) is 4.02. The number of aromatic nitrogens is 2. The highest BCUT2D eigenvalue weighted by molar-refractivity contribution is 5.93. The lowest BCUT2D eigenvalue weighted by Crippen LogP contribution is -2.47. The SMILES string of the molecule is COc1cccc(Nc2cc(C(=O)N3CCN(C)CC3)ncn2)c1. The number of amides is 1. The molecule has 0 radical (unpaired) electrons. The third-order valence-corrected chi connectivity index (χ3v) is 4.02. The maximum absolute atomic E-state index is 12.6. The van der Waals surface area contributed by atoms with Crippen molar-refractivity contribution in [1.82, 2.24) is 19.8 Å². The molecule has 1 aliphatic heterocycles. The standard InChI is InChI=1S/C17H21N5O2/c1-21-6-8-22(9-7-21)17(23)15-11-16(19-12-18-15)20-13-4-3-5-14(10-13)24-2/h3-5,10-12H,6-9H2,1-2H3,(H,18,19,20). The van der Waals surface area contributed by atoms with Crippen molar-refractivity contribution in [3.05, 3.63) is 42.4 Å². The Hall–Kier alpha value is -2.67. The summed E-state index contributed by atoms with van der Waals surface area (Å²) in [6.45, 7) is 3.20. The van der Waals surface area contributed by atoms with Crippen LogP contribution in [0.15, 0.2) is 36.7 Å². The Labute approximate surface area is 141 Å². The van der Waals surface area contributed by atoms with Crippen molar-refractivity contribution in [3.63, 3.8) is 0 Å². The van der Waals surface area contributed by atoms with Gasteiger partial charge in [-0.05, 0) is 19.2 Å². The summed E-state index contributed by atoms with van der Waals surface area (Å²) >= 11 is 0. The lowest BCUT2D eigenvalue weighted by atomic mass is 10.2. The molecule has 2 aromatic rings. The molecule has 0 saturated carbocycles. The fraction of sp³-hybridized carbons (Fsp3) is 0.353. The zero-order valence-electron chi connectivity index (χ0n) is 13.9. The van der Waals surface area contributed by atoms with Gasteiger partial charge in [0.2, 0.25) is 0 Å². The van der Waals surface area contributed by atoms with Crippen molar-refractivity contribution in [1.29, 1.82) is 0 Å². The largest absolute Gasteiger partial charge is 0.497 e. The molecule has 126 valence electrons. The number of nitrogens with one attached hydrogen (secondary N) is 1. The van der Waals surface area contributed by atoms with E-state index >= 15 is 0 Å². The Kier molecular flexibility index (Phi) is 4.90. The maximum Gasteiger partial charge on any atom is 0.272 e. The molecule has 0 atom stereocenters. The number of rotatable bonds is 4. The van der Waals surface area contributed by atoms with Crippen LogP contribution in [0.5, 0.6) is 5.75 Å². The van der Waals surface area contributed by atoms with Crippen molar-refractivity contribution < 1.29 is 9.53 Å². The number of benzene rings is 1. The molecule has 1 aromatic heterocycles. The molecule has 3 rings (SSSR count). The van der Waals surface area contributed by atoms with Crippen LogP contribution in [0.25, 0.3) is 0 Å². The number of nitrogens with zero attached hydrogens (tertiary/aromatic N) is 4. The van der Waals surface area contributed by atoms with Gasteiger partial charge in [-0.25, -0.2) is 9.97 Å². The predicted octanol–water partition coefficient (Wildman–Crippen LogP) is 1.62. The number of methoxy groups -OCH3 is 1. The van der Waals surface area contributed by atoms with Crippen molar-refractivity contribution in [3.8, 4) is 5.75 Å². The minimum Gasteiger partial charge on any atom is -0.497 e. The van der Waals surface area contributed by atoms with Crippen molar-refractivity contribution in [2.24, 2.45) is 0 Å². The van der Waals surface area contributed by atoms with Crippen LogP contribution in [0.3, 0.4) is 0 Å². The fourth-order valence-corrected chi connectivity index (χ4v) is 2.56. The molecular weight excluding hydrogens is 306 g/mol. The molecule has 0 aliphatic carbocycles. The molecule has 1 aliphatic rings. The highest BCUT2D eigenvalue weighted by Crippen LogP contribution is 2.20. The smallest absolute Gasteiger partial charge is 0.272 e. The summed E-state index contributed by atoms with van der Waals surface area (Å²) in [5, 5.41) is 3.17. The summed E-state index contributed by atoms with van der Waals surface area (Å²) in [6.07, 6.45) is 1.41. The zero-order chi connectivity index (χ0) is 16.9. The number of likely N-dealkylation sites (N-methyl/N-ethyl adjacent to an activating group) is 1. The fourth-order valence-electron chi connectivity index (χ4n) is 2.56. The van der Waals surface area contributed by atoms with Crippen LogP contribution in [0, 0.1) is 0 Å². The molecule has 0 bridgehead atoms. The Morgan fingerprint density at radius 3 is 2.71 bits per heavy atom. The number of anilines is 2. The Balaban J connectivity index is 1.72. The van der Waals surface area contributed by atoms with E-state index in [0.717, 1.165) is 37.6 Å². The van der Waals surface area contributed by atoms with Crippen LogP contribution >= 0.6 is 0 Å². The quantitative estimate of drug-likeness (QED) is 0.920. The van der Waals surface area contributed by atoms with Crippen LogP contribution in [0.1, 0.15) is 10.5 Å². The average Bonchev–Trinajstić information content (AvgIpc) is 2.62. The van der Waals surface area contributed by atoms with Crippen LogP contribution in [-0.2, 0) is 0 Å². The summed E-state index contributed by atoms with van der Waals surface area (Å²) in [6, 6.07) is 9.21. The summed E-state index contributed by atoms with van der Waals surface area (Å²) < 4.78 is 5.20. The number of hydrogen-bond acceptors (Lipinski definition) is 6. The molecule has 7 nitrogen and oxygen atoms in total. The first-order chi connectivity index (χ1) is 11.7. The van der Waals surface area contributed by atoms with Gasteiger partial charge in [-0.1, -0.05) is 6.07 Å². The van der Waals surface area contributed by atoms with E-state index < -0.39 is 0 Å². The van der Waals surface area contributed by atoms with E-state index in [1.54, 1.807) is 13.2 Å². The molecule has 1 amide bonds. The normalized spacial score (nSPS) is 15.2. The maximum atomic E-state index is 12.6. The van der Waals surface area contributed by atoms with E-state index in [2.05, 4.69) is 27.2 Å². The van der Waals surface area contributed by atoms with Gasteiger partial charge >= 0.3 is 0 Å². The van der Waals surface area contributed by atoms with E-state index in [0.29, 0.717) is 11.5 Å². The second-order valence-electron chi connectivity index (χ2n) is 5.74. The van der Waals surface area contributed by atoms with Gasteiger partial charge in [0, 0.05) is 44.0 Å². The molecule has 0 spiro atoms. The van der Waals surface area contributed by atoms with Gasteiger partial charge in [0.15, 0.2) is 0 Å². The molecule has 7 heteroatoms.